The minimum atomic E-state index is -4.54. The van der Waals surface area contributed by atoms with Crippen molar-refractivity contribution >= 4 is 11.6 Å². The van der Waals surface area contributed by atoms with Crippen molar-refractivity contribution in [2.75, 3.05) is 11.4 Å². The zero-order valence-corrected chi connectivity index (χ0v) is 14.6. The molecule has 0 bridgehead atoms. The summed E-state index contributed by atoms with van der Waals surface area (Å²) in [6.45, 7) is 5.14. The van der Waals surface area contributed by atoms with Gasteiger partial charge in [-0.1, -0.05) is 13.8 Å². The van der Waals surface area contributed by atoms with Crippen molar-refractivity contribution < 1.29 is 13.2 Å². The lowest BCUT2D eigenvalue weighted by atomic mass is 10.1. The van der Waals surface area contributed by atoms with Crippen molar-refractivity contribution in [2.45, 2.75) is 38.9 Å². The zero-order chi connectivity index (χ0) is 18.6. The second-order valence-electron chi connectivity index (χ2n) is 6.72. The van der Waals surface area contributed by atoms with Crippen molar-refractivity contribution in [3.63, 3.8) is 0 Å². The maximum absolute atomic E-state index is 13.2. The average molecular weight is 365 g/mol. The summed E-state index contributed by atoms with van der Waals surface area (Å²) >= 11 is 0. The molecule has 26 heavy (non-hydrogen) atoms. The fourth-order valence-electron chi connectivity index (χ4n) is 3.43. The fourth-order valence-corrected chi connectivity index (χ4v) is 3.43. The van der Waals surface area contributed by atoms with Gasteiger partial charge in [-0.15, -0.1) is 0 Å². The number of aromatic nitrogens is 6. The molecule has 0 atom stereocenters. The summed E-state index contributed by atoms with van der Waals surface area (Å²) in [5.41, 5.74) is 1.05. The van der Waals surface area contributed by atoms with E-state index in [-0.39, 0.29) is 11.7 Å². The predicted molar refractivity (Wildman–Crippen MR) is 87.8 cm³/mol. The second kappa shape index (κ2) is 5.68. The van der Waals surface area contributed by atoms with Gasteiger partial charge in [-0.3, -0.25) is 0 Å². The van der Waals surface area contributed by atoms with Gasteiger partial charge in [0.25, 0.3) is 5.78 Å². The minimum absolute atomic E-state index is 0.0653. The van der Waals surface area contributed by atoms with Gasteiger partial charge in [0.1, 0.15) is 18.0 Å². The van der Waals surface area contributed by atoms with E-state index in [0.29, 0.717) is 25.3 Å². The quantitative estimate of drug-likeness (QED) is 0.698. The first kappa shape index (κ1) is 16.8. The number of alkyl halides is 3. The monoisotopic (exact) mass is 365 g/mol. The van der Waals surface area contributed by atoms with Gasteiger partial charge in [-0.05, 0) is 0 Å². The summed E-state index contributed by atoms with van der Waals surface area (Å²) < 4.78 is 43.0. The molecule has 4 rings (SSSR count). The summed E-state index contributed by atoms with van der Waals surface area (Å²) in [5.74, 6) is 1.51. The van der Waals surface area contributed by atoms with Gasteiger partial charge in [-0.2, -0.15) is 27.8 Å². The van der Waals surface area contributed by atoms with E-state index in [9.17, 15) is 13.2 Å². The van der Waals surface area contributed by atoms with Crippen molar-refractivity contribution in [3.8, 4) is 0 Å². The molecule has 0 saturated carbocycles. The lowest BCUT2D eigenvalue weighted by Gasteiger charge is -2.29. The molecule has 3 aromatic heterocycles. The van der Waals surface area contributed by atoms with Crippen LogP contribution in [0.5, 0.6) is 0 Å². The second-order valence-corrected chi connectivity index (χ2v) is 6.72. The minimum Gasteiger partial charge on any atom is -0.350 e. The van der Waals surface area contributed by atoms with Crippen LogP contribution in [0, 0.1) is 0 Å². The number of nitrogens with zero attached hydrogens (tertiary/aromatic N) is 7. The Hall–Kier alpha value is -2.65. The Balaban J connectivity index is 1.77. The first-order chi connectivity index (χ1) is 12.3. The van der Waals surface area contributed by atoms with Gasteiger partial charge in [-0.25, -0.2) is 9.97 Å². The third kappa shape index (κ3) is 2.60. The molecule has 1 aliphatic heterocycles. The van der Waals surface area contributed by atoms with E-state index < -0.39 is 11.9 Å². The van der Waals surface area contributed by atoms with E-state index >= 15 is 0 Å². The standard InChI is InChI=1S/C16H18F3N7/c1-9(2)14-22-10-7-25(5-4-11(10)24(14)3)13-6-12(16(17,18)19)23-15-20-8-21-26(13)15/h6,8-9H,4-5,7H2,1-3H3. The molecule has 0 aromatic carbocycles. The Labute approximate surface area is 147 Å². The number of halogens is 3. The highest BCUT2D eigenvalue weighted by Crippen LogP contribution is 2.32. The molecule has 0 amide bonds. The number of fused-ring (bicyclic) bond motifs is 2. The molecule has 0 radical (unpaired) electrons. The molecule has 3 aromatic rings. The molecule has 7 nitrogen and oxygen atoms in total. The number of hydrogen-bond acceptors (Lipinski definition) is 5. The summed E-state index contributed by atoms with van der Waals surface area (Å²) in [5, 5.41) is 4.03. The van der Waals surface area contributed by atoms with E-state index in [0.717, 1.165) is 23.3 Å². The van der Waals surface area contributed by atoms with Crippen LogP contribution >= 0.6 is 0 Å². The van der Waals surface area contributed by atoms with E-state index in [4.69, 9.17) is 4.98 Å². The molecule has 0 aliphatic carbocycles. The Kier molecular flexibility index (Phi) is 3.67. The van der Waals surface area contributed by atoms with Gasteiger partial charge >= 0.3 is 6.18 Å². The third-order valence-electron chi connectivity index (χ3n) is 4.65. The molecule has 138 valence electrons. The van der Waals surface area contributed by atoms with Crippen molar-refractivity contribution in [2.24, 2.45) is 7.05 Å². The molecular weight excluding hydrogens is 347 g/mol. The molecule has 0 fully saturated rings. The Morgan fingerprint density at radius 3 is 2.65 bits per heavy atom. The van der Waals surface area contributed by atoms with Gasteiger partial charge in [0, 0.05) is 37.7 Å². The van der Waals surface area contributed by atoms with Gasteiger partial charge in [0.05, 0.1) is 12.2 Å². The SMILES string of the molecule is CC(C)c1nc2c(n1C)CCN(c1cc(C(F)(F)F)nc3ncnn13)C2. The van der Waals surface area contributed by atoms with Crippen LogP contribution in [0.3, 0.4) is 0 Å². The molecule has 10 heteroatoms. The van der Waals surface area contributed by atoms with Crippen LogP contribution in [0.2, 0.25) is 0 Å². The van der Waals surface area contributed by atoms with Crippen LogP contribution in [-0.4, -0.2) is 35.7 Å². The zero-order valence-electron chi connectivity index (χ0n) is 14.6. The van der Waals surface area contributed by atoms with Gasteiger partial charge in [0.2, 0.25) is 0 Å². The first-order valence-electron chi connectivity index (χ1n) is 8.33. The number of hydrogen-bond donors (Lipinski definition) is 0. The van der Waals surface area contributed by atoms with Crippen molar-refractivity contribution in [1.82, 2.24) is 29.1 Å². The average Bonchev–Trinajstić information content (AvgIpc) is 3.17. The molecule has 0 N–H and O–H groups in total. The molecular formula is C16H18F3N7. The fraction of sp³-hybridized carbons (Fsp3) is 0.500. The van der Waals surface area contributed by atoms with E-state index in [1.807, 2.05) is 11.9 Å². The Morgan fingerprint density at radius 1 is 1.19 bits per heavy atom. The smallest absolute Gasteiger partial charge is 0.350 e. The van der Waals surface area contributed by atoms with E-state index in [1.54, 1.807) is 0 Å². The first-order valence-corrected chi connectivity index (χ1v) is 8.33. The van der Waals surface area contributed by atoms with Gasteiger partial charge < -0.3 is 9.47 Å². The highest BCUT2D eigenvalue weighted by Gasteiger charge is 2.35. The van der Waals surface area contributed by atoms with Crippen LogP contribution < -0.4 is 4.90 Å². The Morgan fingerprint density at radius 2 is 1.96 bits per heavy atom. The molecule has 0 saturated heterocycles. The number of anilines is 1. The highest BCUT2D eigenvalue weighted by atomic mass is 19.4. The topological polar surface area (TPSA) is 64.1 Å². The largest absolute Gasteiger partial charge is 0.433 e. The lowest BCUT2D eigenvalue weighted by Crippen LogP contribution is -2.33. The van der Waals surface area contributed by atoms with Crippen LogP contribution in [0.1, 0.15) is 42.7 Å². The molecule has 4 heterocycles. The van der Waals surface area contributed by atoms with Crippen LogP contribution in [0.25, 0.3) is 5.78 Å². The summed E-state index contributed by atoms with van der Waals surface area (Å²) in [4.78, 5) is 13.9. The van der Waals surface area contributed by atoms with Crippen LogP contribution in [-0.2, 0) is 26.2 Å². The number of imidazole rings is 1. The number of rotatable bonds is 2. The molecule has 0 unspecified atom stereocenters. The van der Waals surface area contributed by atoms with E-state index in [2.05, 4.69) is 33.5 Å². The van der Waals surface area contributed by atoms with E-state index in [1.165, 1.54) is 10.8 Å². The van der Waals surface area contributed by atoms with Crippen molar-refractivity contribution in [1.29, 1.82) is 0 Å². The normalized spacial score (nSPS) is 15.1. The maximum atomic E-state index is 13.2. The summed E-state index contributed by atoms with van der Waals surface area (Å²) in [7, 11) is 1.99. The third-order valence-corrected chi connectivity index (χ3v) is 4.65. The predicted octanol–water partition coefficient (Wildman–Crippen LogP) is 2.56. The Bertz CT molecular complexity index is 970. The highest BCUT2D eigenvalue weighted by molar-refractivity contribution is 5.49. The summed E-state index contributed by atoms with van der Waals surface area (Å²) in [6, 6.07) is 1.03. The maximum Gasteiger partial charge on any atom is 0.433 e. The summed E-state index contributed by atoms with van der Waals surface area (Å²) in [6.07, 6.45) is -2.64. The van der Waals surface area contributed by atoms with Gasteiger partial charge in [0.15, 0.2) is 5.69 Å². The molecule has 1 aliphatic rings. The van der Waals surface area contributed by atoms with Crippen LogP contribution in [0.4, 0.5) is 19.0 Å². The lowest BCUT2D eigenvalue weighted by molar-refractivity contribution is -0.141. The van der Waals surface area contributed by atoms with Crippen LogP contribution in [0.15, 0.2) is 12.4 Å². The van der Waals surface area contributed by atoms with Crippen molar-refractivity contribution in [3.05, 3.63) is 35.3 Å². The molecule has 0 spiro atoms.